The zero-order valence-corrected chi connectivity index (χ0v) is 21.4. The number of benzene rings is 2. The second-order valence-electron chi connectivity index (χ2n) is 9.61. The van der Waals surface area contributed by atoms with Gasteiger partial charge >= 0.3 is 0 Å². The molecule has 0 bridgehead atoms. The van der Waals surface area contributed by atoms with E-state index in [9.17, 15) is 14.4 Å². The van der Waals surface area contributed by atoms with Crippen LogP contribution >= 0.6 is 0 Å². The number of hydrogen-bond donors (Lipinski definition) is 0. The van der Waals surface area contributed by atoms with Crippen LogP contribution in [0.3, 0.4) is 0 Å². The molecule has 192 valence electrons. The molecular weight excluding hydrogens is 460 g/mol. The van der Waals surface area contributed by atoms with Gasteiger partial charge in [0.25, 0.3) is 0 Å². The van der Waals surface area contributed by atoms with Crippen molar-refractivity contribution in [3.05, 3.63) is 53.6 Å². The van der Waals surface area contributed by atoms with Gasteiger partial charge in [0.05, 0.1) is 26.7 Å². The van der Waals surface area contributed by atoms with Crippen LogP contribution in [-0.4, -0.2) is 61.9 Å². The average molecular weight is 495 g/mol. The number of nitrogens with zero attached hydrogens (tertiary/aromatic N) is 2. The molecule has 8 heteroatoms. The largest absolute Gasteiger partial charge is 0.497 e. The predicted molar refractivity (Wildman–Crippen MR) is 134 cm³/mol. The fourth-order valence-electron chi connectivity index (χ4n) is 5.40. The van der Waals surface area contributed by atoms with Crippen LogP contribution in [0.5, 0.6) is 17.2 Å². The molecule has 0 radical (unpaired) electrons. The number of carbonyl (C=O) groups excluding carboxylic acids is 3. The second-order valence-corrected chi connectivity index (χ2v) is 9.61. The molecule has 8 nitrogen and oxygen atoms in total. The number of amides is 3. The summed E-state index contributed by atoms with van der Waals surface area (Å²) in [5, 5.41) is 0. The molecule has 1 unspecified atom stereocenters. The second kappa shape index (κ2) is 10.6. The summed E-state index contributed by atoms with van der Waals surface area (Å²) in [5.74, 6) is 1.16. The molecule has 1 saturated heterocycles. The van der Waals surface area contributed by atoms with E-state index >= 15 is 0 Å². The summed E-state index contributed by atoms with van der Waals surface area (Å²) >= 11 is 0. The first-order valence-corrected chi connectivity index (χ1v) is 12.3. The number of imide groups is 1. The number of ether oxygens (including phenoxy) is 3. The first-order valence-electron chi connectivity index (χ1n) is 12.3. The van der Waals surface area contributed by atoms with E-state index in [1.165, 1.54) is 4.90 Å². The van der Waals surface area contributed by atoms with Crippen molar-refractivity contribution in [3.8, 4) is 17.2 Å². The van der Waals surface area contributed by atoms with Gasteiger partial charge in [-0.05, 0) is 48.2 Å². The summed E-state index contributed by atoms with van der Waals surface area (Å²) in [4.78, 5) is 43.7. The fraction of sp³-hybridized carbons (Fsp3) is 0.464. The quantitative estimate of drug-likeness (QED) is 0.494. The van der Waals surface area contributed by atoms with Crippen LogP contribution < -0.4 is 14.2 Å². The fourth-order valence-corrected chi connectivity index (χ4v) is 5.40. The molecule has 1 atom stereocenters. The van der Waals surface area contributed by atoms with Gasteiger partial charge in [0.2, 0.25) is 17.7 Å². The average Bonchev–Trinajstić information content (AvgIpc) is 3.50. The van der Waals surface area contributed by atoms with Crippen molar-refractivity contribution in [1.29, 1.82) is 0 Å². The number of rotatable bonds is 9. The predicted octanol–water partition coefficient (Wildman–Crippen LogP) is 3.70. The maximum atomic E-state index is 13.9. The van der Waals surface area contributed by atoms with Crippen molar-refractivity contribution in [2.45, 2.75) is 56.5 Å². The Morgan fingerprint density at radius 1 is 0.972 bits per heavy atom. The van der Waals surface area contributed by atoms with Crippen LogP contribution in [0.15, 0.2) is 42.5 Å². The van der Waals surface area contributed by atoms with Crippen molar-refractivity contribution in [2.24, 2.45) is 0 Å². The molecule has 2 aliphatic rings. The number of hydrogen-bond acceptors (Lipinski definition) is 6. The van der Waals surface area contributed by atoms with E-state index in [4.69, 9.17) is 14.2 Å². The highest BCUT2D eigenvalue weighted by Gasteiger charge is 2.55. The Morgan fingerprint density at radius 3 is 2.25 bits per heavy atom. The van der Waals surface area contributed by atoms with E-state index in [2.05, 4.69) is 0 Å². The van der Waals surface area contributed by atoms with Gasteiger partial charge < -0.3 is 19.1 Å². The summed E-state index contributed by atoms with van der Waals surface area (Å²) in [7, 11) is 6.41. The Balaban J connectivity index is 1.61. The summed E-state index contributed by atoms with van der Waals surface area (Å²) in [5.41, 5.74) is 0.299. The van der Waals surface area contributed by atoms with Crippen LogP contribution in [0.1, 0.15) is 49.7 Å². The Bertz CT molecular complexity index is 1130. The first kappa shape index (κ1) is 25.5. The smallest absolute Gasteiger partial charge is 0.241 e. The molecule has 1 saturated carbocycles. The van der Waals surface area contributed by atoms with Gasteiger partial charge in [-0.3, -0.25) is 19.3 Å². The van der Waals surface area contributed by atoms with Gasteiger partial charge in [-0.2, -0.15) is 0 Å². The van der Waals surface area contributed by atoms with E-state index in [1.54, 1.807) is 63.6 Å². The molecule has 0 aromatic heterocycles. The van der Waals surface area contributed by atoms with Crippen LogP contribution in [0, 0.1) is 0 Å². The SMILES string of the molecule is COc1ccc(C2(CC(=O)N(C)Cc3ccc(OC)c(OC)c3)CC(=O)N(C3CCCC3)C2=O)cc1. The summed E-state index contributed by atoms with van der Waals surface area (Å²) < 4.78 is 16.0. The van der Waals surface area contributed by atoms with E-state index in [0.717, 1.165) is 31.2 Å². The maximum Gasteiger partial charge on any atom is 0.241 e. The lowest BCUT2D eigenvalue weighted by Gasteiger charge is -2.31. The molecule has 3 amide bonds. The molecular formula is C28H34N2O6. The minimum atomic E-state index is -1.23. The maximum absolute atomic E-state index is 13.9. The molecule has 0 N–H and O–H groups in total. The molecule has 2 aromatic rings. The number of carbonyl (C=O) groups is 3. The van der Waals surface area contributed by atoms with Crippen LogP contribution in [-0.2, 0) is 26.3 Å². The molecule has 2 fully saturated rings. The van der Waals surface area contributed by atoms with Gasteiger partial charge in [-0.15, -0.1) is 0 Å². The molecule has 36 heavy (non-hydrogen) atoms. The Hall–Kier alpha value is -3.55. The molecule has 1 aliphatic carbocycles. The summed E-state index contributed by atoms with van der Waals surface area (Å²) in [6.07, 6.45) is 3.56. The third kappa shape index (κ3) is 4.76. The number of likely N-dealkylation sites (tertiary alicyclic amines) is 1. The van der Waals surface area contributed by atoms with Gasteiger partial charge in [0.1, 0.15) is 5.75 Å². The zero-order chi connectivity index (χ0) is 25.9. The van der Waals surface area contributed by atoms with Crippen molar-refractivity contribution >= 4 is 17.7 Å². The lowest BCUT2D eigenvalue weighted by atomic mass is 9.75. The minimum absolute atomic E-state index is 0.00932. The van der Waals surface area contributed by atoms with Crippen molar-refractivity contribution < 1.29 is 28.6 Å². The molecule has 4 rings (SSSR count). The highest BCUT2D eigenvalue weighted by Crippen LogP contribution is 2.43. The third-order valence-electron chi connectivity index (χ3n) is 7.43. The lowest BCUT2D eigenvalue weighted by Crippen LogP contribution is -2.45. The van der Waals surface area contributed by atoms with Crippen molar-refractivity contribution in [2.75, 3.05) is 28.4 Å². The highest BCUT2D eigenvalue weighted by molar-refractivity contribution is 6.11. The first-order chi connectivity index (χ1) is 17.3. The number of methoxy groups -OCH3 is 3. The molecule has 1 aliphatic heterocycles. The van der Waals surface area contributed by atoms with E-state index in [-0.39, 0.29) is 36.6 Å². The minimum Gasteiger partial charge on any atom is -0.497 e. The summed E-state index contributed by atoms with van der Waals surface area (Å²) in [6, 6.07) is 12.5. The van der Waals surface area contributed by atoms with Crippen molar-refractivity contribution in [3.63, 3.8) is 0 Å². The normalized spacial score (nSPS) is 20.1. The van der Waals surface area contributed by atoms with Gasteiger partial charge in [0.15, 0.2) is 11.5 Å². The van der Waals surface area contributed by atoms with Gasteiger partial charge in [-0.25, -0.2) is 0 Å². The van der Waals surface area contributed by atoms with E-state index in [0.29, 0.717) is 29.4 Å². The molecule has 0 spiro atoms. The van der Waals surface area contributed by atoms with E-state index in [1.807, 2.05) is 12.1 Å². The van der Waals surface area contributed by atoms with Crippen molar-refractivity contribution in [1.82, 2.24) is 9.80 Å². The summed E-state index contributed by atoms with van der Waals surface area (Å²) in [6.45, 7) is 0.326. The van der Waals surface area contributed by atoms with Crippen LogP contribution in [0.4, 0.5) is 0 Å². The van der Waals surface area contributed by atoms with Crippen LogP contribution in [0.25, 0.3) is 0 Å². The zero-order valence-electron chi connectivity index (χ0n) is 21.4. The van der Waals surface area contributed by atoms with Crippen LogP contribution in [0.2, 0.25) is 0 Å². The topological polar surface area (TPSA) is 85.4 Å². The Morgan fingerprint density at radius 2 is 1.64 bits per heavy atom. The highest BCUT2D eigenvalue weighted by atomic mass is 16.5. The van der Waals surface area contributed by atoms with E-state index < -0.39 is 5.41 Å². The molecule has 1 heterocycles. The standard InChI is InChI=1S/C28H34N2O6/c1-29(18-19-9-14-23(35-3)24(15-19)36-4)25(31)16-28(20-10-12-22(34-2)13-11-20)17-26(32)30(27(28)33)21-7-5-6-8-21/h9-15,21H,5-8,16-18H2,1-4H3. The monoisotopic (exact) mass is 494 g/mol. The van der Waals surface area contributed by atoms with Gasteiger partial charge in [0, 0.05) is 32.5 Å². The van der Waals surface area contributed by atoms with Gasteiger partial charge in [-0.1, -0.05) is 31.0 Å². The Kier molecular flexibility index (Phi) is 7.52. The Labute approximate surface area is 212 Å². The third-order valence-corrected chi connectivity index (χ3v) is 7.43. The lowest BCUT2D eigenvalue weighted by molar-refractivity contribution is -0.144. The molecule has 2 aromatic carbocycles.